The quantitative estimate of drug-likeness (QED) is 0.563. The van der Waals surface area contributed by atoms with Crippen molar-refractivity contribution in [3.8, 4) is 0 Å². The maximum absolute atomic E-state index is 10.9. The molecule has 56 valence electrons. The summed E-state index contributed by atoms with van der Waals surface area (Å²) < 4.78 is 0. The Morgan fingerprint density at radius 2 is 2.50 bits per heavy atom. The molecule has 1 unspecified atom stereocenters. The van der Waals surface area contributed by atoms with Crippen LogP contribution in [0.4, 0.5) is 0 Å². The maximum atomic E-state index is 10.9. The highest BCUT2D eigenvalue weighted by atomic mass is 16.3. The van der Waals surface area contributed by atoms with Crippen LogP contribution < -0.4 is 0 Å². The molecule has 3 nitrogen and oxygen atoms in total. The molecule has 0 saturated carbocycles. The number of hydrogen-bond acceptors (Lipinski definition) is 2. The number of carbonyl (C=O) groups excluding carboxylic acids is 1. The molecule has 10 heavy (non-hydrogen) atoms. The zero-order valence-electron chi connectivity index (χ0n) is 6.00. The minimum Gasteiger partial charge on any atom is -0.391 e. The molecule has 1 heterocycles. The molecule has 0 bridgehead atoms. The van der Waals surface area contributed by atoms with Gasteiger partial charge in [-0.2, -0.15) is 0 Å². The first-order valence-electron chi connectivity index (χ1n) is 3.25. The van der Waals surface area contributed by atoms with Crippen LogP contribution in [0.15, 0.2) is 12.3 Å². The van der Waals surface area contributed by atoms with Crippen LogP contribution in [0.2, 0.25) is 0 Å². The minimum absolute atomic E-state index is 0.0278. The van der Waals surface area contributed by atoms with Gasteiger partial charge in [-0.25, -0.2) is 0 Å². The van der Waals surface area contributed by atoms with Crippen LogP contribution in [0, 0.1) is 0 Å². The molecule has 3 heteroatoms. The third kappa shape index (κ3) is 1.19. The van der Waals surface area contributed by atoms with Crippen molar-refractivity contribution in [3.63, 3.8) is 0 Å². The van der Waals surface area contributed by atoms with Gasteiger partial charge in [-0.05, 0) is 6.92 Å². The van der Waals surface area contributed by atoms with E-state index in [2.05, 4.69) is 6.58 Å². The molecule has 0 radical (unpaired) electrons. The average Bonchev–Trinajstić information content (AvgIpc) is 2.10. The first kappa shape index (κ1) is 7.28. The lowest BCUT2D eigenvalue weighted by molar-refractivity contribution is -0.126. The predicted molar refractivity (Wildman–Crippen MR) is 37.2 cm³/mol. The lowest BCUT2D eigenvalue weighted by Gasteiger charge is -2.13. The van der Waals surface area contributed by atoms with E-state index in [0.717, 1.165) is 0 Å². The number of allylic oxidation sites excluding steroid dienone is 1. The highest BCUT2D eigenvalue weighted by Crippen LogP contribution is 2.14. The molecule has 1 rings (SSSR count). The van der Waals surface area contributed by atoms with Gasteiger partial charge in [0.05, 0.1) is 19.1 Å². The van der Waals surface area contributed by atoms with Gasteiger partial charge in [0.1, 0.15) is 0 Å². The van der Waals surface area contributed by atoms with Crippen molar-refractivity contribution in [3.05, 3.63) is 12.3 Å². The van der Waals surface area contributed by atoms with Gasteiger partial charge in [-0.1, -0.05) is 6.58 Å². The number of rotatable bonds is 1. The second-order valence-corrected chi connectivity index (χ2v) is 2.60. The molecule has 1 N–H and O–H groups in total. The van der Waals surface area contributed by atoms with Gasteiger partial charge in [0.25, 0.3) is 0 Å². The molecule has 0 aromatic carbocycles. The predicted octanol–water partition coefficient (Wildman–Crippen LogP) is 0.113. The molecule has 0 aromatic heterocycles. The second kappa shape index (κ2) is 2.42. The highest BCUT2D eigenvalue weighted by Gasteiger charge is 2.27. The Balaban J connectivity index is 2.63. The summed E-state index contributed by atoms with van der Waals surface area (Å²) in [5.74, 6) is -0.0278. The number of hydrogen-bond donors (Lipinski definition) is 1. The van der Waals surface area contributed by atoms with Crippen LogP contribution in [0.5, 0.6) is 0 Å². The smallest absolute Gasteiger partial charge is 0.229 e. The largest absolute Gasteiger partial charge is 0.391 e. The van der Waals surface area contributed by atoms with Gasteiger partial charge >= 0.3 is 0 Å². The zero-order valence-corrected chi connectivity index (χ0v) is 6.00. The van der Waals surface area contributed by atoms with Crippen molar-refractivity contribution < 1.29 is 9.90 Å². The van der Waals surface area contributed by atoms with Gasteiger partial charge in [0.2, 0.25) is 5.91 Å². The zero-order chi connectivity index (χ0) is 7.72. The molecular weight excluding hydrogens is 130 g/mol. The SMILES string of the molecule is C=C(C)N1CC(O)CC1=O. The summed E-state index contributed by atoms with van der Waals surface area (Å²) >= 11 is 0. The summed E-state index contributed by atoms with van der Waals surface area (Å²) in [4.78, 5) is 12.4. The lowest BCUT2D eigenvalue weighted by atomic mass is 10.3. The van der Waals surface area contributed by atoms with E-state index in [1.807, 2.05) is 0 Å². The Bertz CT molecular complexity index is 176. The minimum atomic E-state index is -0.496. The van der Waals surface area contributed by atoms with E-state index in [1.54, 1.807) is 6.92 Å². The topological polar surface area (TPSA) is 40.5 Å². The number of β-amino-alcohol motifs (C(OH)–C–C–N with tert-alkyl or cyclic N) is 1. The van der Waals surface area contributed by atoms with Crippen LogP contribution in [-0.4, -0.2) is 28.6 Å². The van der Waals surface area contributed by atoms with Crippen LogP contribution in [-0.2, 0) is 4.79 Å². The summed E-state index contributed by atoms with van der Waals surface area (Å²) in [5, 5.41) is 9.02. The molecule has 0 aromatic rings. The number of nitrogens with zero attached hydrogens (tertiary/aromatic N) is 1. The first-order chi connectivity index (χ1) is 4.61. The van der Waals surface area contributed by atoms with Crippen molar-refractivity contribution in [1.82, 2.24) is 4.90 Å². The molecule has 0 aliphatic carbocycles. The van der Waals surface area contributed by atoms with Crippen LogP contribution in [0.1, 0.15) is 13.3 Å². The Kier molecular flexibility index (Phi) is 1.76. The number of likely N-dealkylation sites (tertiary alicyclic amines) is 1. The summed E-state index contributed by atoms with van der Waals surface area (Å²) in [5.41, 5.74) is 0.710. The molecule has 1 amide bonds. The summed E-state index contributed by atoms with van der Waals surface area (Å²) in [6, 6.07) is 0. The van der Waals surface area contributed by atoms with Crippen LogP contribution >= 0.6 is 0 Å². The number of aliphatic hydroxyl groups excluding tert-OH is 1. The van der Waals surface area contributed by atoms with E-state index in [9.17, 15) is 4.79 Å². The second-order valence-electron chi connectivity index (χ2n) is 2.60. The fourth-order valence-corrected chi connectivity index (χ4v) is 1.06. The average molecular weight is 141 g/mol. The molecule has 1 atom stereocenters. The van der Waals surface area contributed by atoms with Gasteiger partial charge in [-0.3, -0.25) is 4.79 Å². The Morgan fingerprint density at radius 1 is 1.90 bits per heavy atom. The maximum Gasteiger partial charge on any atom is 0.229 e. The van der Waals surface area contributed by atoms with Crippen LogP contribution in [0.3, 0.4) is 0 Å². The van der Waals surface area contributed by atoms with Gasteiger partial charge in [0.15, 0.2) is 0 Å². The summed E-state index contributed by atoms with van der Waals surface area (Å²) in [6.07, 6.45) is -0.253. The Morgan fingerprint density at radius 3 is 2.70 bits per heavy atom. The van der Waals surface area contributed by atoms with E-state index in [1.165, 1.54) is 4.90 Å². The van der Waals surface area contributed by atoms with E-state index in [4.69, 9.17) is 5.11 Å². The molecule has 1 fully saturated rings. The molecule has 1 saturated heterocycles. The summed E-state index contributed by atoms with van der Waals surface area (Å²) in [7, 11) is 0. The van der Waals surface area contributed by atoms with Gasteiger partial charge in [-0.15, -0.1) is 0 Å². The van der Waals surface area contributed by atoms with E-state index >= 15 is 0 Å². The van der Waals surface area contributed by atoms with Crippen molar-refractivity contribution >= 4 is 5.91 Å². The van der Waals surface area contributed by atoms with Crippen LogP contribution in [0.25, 0.3) is 0 Å². The number of amides is 1. The van der Waals surface area contributed by atoms with Crippen molar-refractivity contribution in [2.24, 2.45) is 0 Å². The molecule has 0 spiro atoms. The standard InChI is InChI=1S/C7H11NO2/c1-5(2)8-4-6(9)3-7(8)10/h6,9H,1,3-4H2,2H3. The van der Waals surface area contributed by atoms with Gasteiger partial charge < -0.3 is 10.0 Å². The third-order valence-corrected chi connectivity index (χ3v) is 1.57. The van der Waals surface area contributed by atoms with Crippen molar-refractivity contribution in [2.75, 3.05) is 6.54 Å². The normalized spacial score (nSPS) is 25.6. The fourth-order valence-electron chi connectivity index (χ4n) is 1.06. The van der Waals surface area contributed by atoms with E-state index in [-0.39, 0.29) is 12.3 Å². The Labute approximate surface area is 59.9 Å². The molecule has 1 aliphatic rings. The van der Waals surface area contributed by atoms with E-state index < -0.39 is 6.10 Å². The van der Waals surface area contributed by atoms with E-state index in [0.29, 0.717) is 12.2 Å². The van der Waals surface area contributed by atoms with Gasteiger partial charge in [0, 0.05) is 5.70 Å². The monoisotopic (exact) mass is 141 g/mol. The lowest BCUT2D eigenvalue weighted by Crippen LogP contribution is -2.22. The number of carbonyl (C=O) groups is 1. The first-order valence-corrected chi connectivity index (χ1v) is 3.25. The van der Waals surface area contributed by atoms with Crippen molar-refractivity contribution in [2.45, 2.75) is 19.4 Å². The molecular formula is C7H11NO2. The summed E-state index contributed by atoms with van der Waals surface area (Å²) in [6.45, 7) is 5.79. The fraction of sp³-hybridized carbons (Fsp3) is 0.571. The van der Waals surface area contributed by atoms with Crippen molar-refractivity contribution in [1.29, 1.82) is 0 Å². The highest BCUT2D eigenvalue weighted by molar-refractivity contribution is 5.80. The Hall–Kier alpha value is -0.830. The number of aliphatic hydroxyl groups is 1. The molecule has 1 aliphatic heterocycles. The third-order valence-electron chi connectivity index (χ3n) is 1.57.